The van der Waals surface area contributed by atoms with Gasteiger partial charge in [0.15, 0.2) is 0 Å². The van der Waals surface area contributed by atoms with E-state index in [4.69, 9.17) is 11.2 Å². The van der Waals surface area contributed by atoms with E-state index in [1.165, 1.54) is 38.5 Å². The van der Waals surface area contributed by atoms with Crippen LogP contribution in [0.2, 0.25) is 0 Å². The number of halogens is 1. The number of rotatable bonds is 2. The Kier molecular flexibility index (Phi) is 5.45. The molecule has 0 aromatic heterocycles. The molecule has 0 unspecified atom stereocenters. The van der Waals surface area contributed by atoms with E-state index < -0.39 is 5.84 Å². The molecule has 2 aliphatic carbocycles. The lowest BCUT2D eigenvalue weighted by Crippen LogP contribution is -2.29. The van der Waals surface area contributed by atoms with Crippen molar-refractivity contribution in [3.63, 3.8) is 0 Å². The van der Waals surface area contributed by atoms with Crippen LogP contribution in [0.25, 0.3) is 0 Å². The molecule has 0 aromatic rings. The predicted molar refractivity (Wildman–Crippen MR) is 78.3 cm³/mol. The molecule has 2 saturated carbocycles. The van der Waals surface area contributed by atoms with E-state index in [0.29, 0.717) is 10.5 Å². The van der Waals surface area contributed by atoms with Gasteiger partial charge in [-0.2, -0.15) is 0 Å². The summed E-state index contributed by atoms with van der Waals surface area (Å²) in [5.41, 5.74) is 0. The number of hydrogen-bond acceptors (Lipinski definition) is 0. The van der Waals surface area contributed by atoms with Gasteiger partial charge >= 0.3 is 0 Å². The molecule has 0 heterocycles. The fourth-order valence-electron chi connectivity index (χ4n) is 3.26. The van der Waals surface area contributed by atoms with Crippen LogP contribution in [0, 0.1) is 0 Å². The SMILES string of the molecule is OP(O)(Cl)=S(C1CCCCC1)C1CCCCC1. The van der Waals surface area contributed by atoms with Gasteiger partial charge in [-0.1, -0.05) is 38.5 Å². The Hall–Kier alpha value is 0.990. The van der Waals surface area contributed by atoms with E-state index >= 15 is 0 Å². The first-order valence-corrected chi connectivity index (χ1v) is 11.4. The Labute approximate surface area is 112 Å². The third-order valence-electron chi connectivity index (χ3n) is 4.06. The molecule has 5 heteroatoms. The normalized spacial score (nSPS) is 25.4. The Balaban J connectivity index is 2.18. The predicted octanol–water partition coefficient (Wildman–Crippen LogP) is 4.17. The molecule has 0 amide bonds. The van der Waals surface area contributed by atoms with E-state index in [1.807, 2.05) is 0 Å². The summed E-state index contributed by atoms with van der Waals surface area (Å²) in [7, 11) is -0.327. The zero-order valence-corrected chi connectivity index (χ0v) is 12.8. The van der Waals surface area contributed by atoms with Gasteiger partial charge in [-0.3, -0.25) is 0 Å². The first kappa shape index (κ1) is 14.4. The smallest absolute Gasteiger partial charge is 0.236 e. The summed E-state index contributed by atoms with van der Waals surface area (Å²) in [6, 6.07) is 0. The van der Waals surface area contributed by atoms with Crippen LogP contribution in [-0.4, -0.2) is 20.3 Å². The van der Waals surface area contributed by atoms with Crippen LogP contribution >= 0.6 is 17.1 Å². The van der Waals surface area contributed by atoms with Gasteiger partial charge in [0, 0.05) is 10.5 Å². The van der Waals surface area contributed by atoms with Crippen molar-refractivity contribution in [3.05, 3.63) is 0 Å². The second-order valence-electron chi connectivity index (χ2n) is 5.34. The molecule has 0 aliphatic heterocycles. The average Bonchev–Trinajstić information content (AvgIpc) is 2.30. The fraction of sp³-hybridized carbons (Fsp3) is 1.00. The molecule has 2 aliphatic rings. The third-order valence-corrected chi connectivity index (χ3v) is 11.7. The molecule has 102 valence electrons. The lowest BCUT2D eigenvalue weighted by atomic mass is 10.00. The number of hydrogen-bond donors (Lipinski definition) is 2. The van der Waals surface area contributed by atoms with Crippen molar-refractivity contribution in [2.75, 3.05) is 0 Å². The molecule has 0 aromatic carbocycles. The first-order valence-electron chi connectivity index (χ1n) is 6.86. The monoisotopic (exact) mass is 298 g/mol. The van der Waals surface area contributed by atoms with E-state index in [0.717, 1.165) is 25.7 Å². The summed E-state index contributed by atoms with van der Waals surface area (Å²) in [6.45, 7) is 0. The van der Waals surface area contributed by atoms with Crippen molar-refractivity contribution in [3.8, 4) is 0 Å². The quantitative estimate of drug-likeness (QED) is 0.751. The van der Waals surface area contributed by atoms with Gasteiger partial charge in [-0.25, -0.2) is 0 Å². The molecule has 0 atom stereocenters. The summed E-state index contributed by atoms with van der Waals surface area (Å²) < 4.78 is 0. The zero-order valence-electron chi connectivity index (χ0n) is 10.4. The van der Waals surface area contributed by atoms with Gasteiger partial charge in [0.05, 0.1) is 0 Å². The Morgan fingerprint density at radius 3 is 1.41 bits per heavy atom. The lowest BCUT2D eigenvalue weighted by molar-refractivity contribution is 0.482. The van der Waals surface area contributed by atoms with E-state index in [1.54, 1.807) is 0 Å². The van der Waals surface area contributed by atoms with Crippen molar-refractivity contribution in [1.82, 2.24) is 0 Å². The van der Waals surface area contributed by atoms with Crippen LogP contribution in [0.1, 0.15) is 64.2 Å². The summed E-state index contributed by atoms with van der Waals surface area (Å²) >= 11 is 6.00. The second-order valence-corrected chi connectivity index (χ2v) is 13.1. The average molecular weight is 299 g/mol. The minimum Gasteiger partial charge on any atom is -0.338 e. The molecular weight excluding hydrogens is 275 g/mol. The third kappa shape index (κ3) is 3.98. The Morgan fingerprint density at radius 1 is 0.765 bits per heavy atom. The molecule has 0 bridgehead atoms. The minimum absolute atomic E-state index is 0.327. The van der Waals surface area contributed by atoms with Crippen LogP contribution in [0.4, 0.5) is 0 Å². The van der Waals surface area contributed by atoms with Crippen LogP contribution in [0.5, 0.6) is 0 Å². The maximum absolute atomic E-state index is 10.0. The van der Waals surface area contributed by atoms with Gasteiger partial charge < -0.3 is 9.79 Å². The molecule has 2 N–H and O–H groups in total. The molecular formula is C12H24ClO2PS. The second kappa shape index (κ2) is 6.43. The molecule has 2 nitrogen and oxygen atoms in total. The molecule has 0 radical (unpaired) electrons. The van der Waals surface area contributed by atoms with Crippen molar-refractivity contribution in [2.45, 2.75) is 74.7 Å². The molecule has 2 rings (SSSR count). The topological polar surface area (TPSA) is 40.5 Å². The highest BCUT2D eigenvalue weighted by Gasteiger charge is 2.30. The first-order chi connectivity index (χ1) is 8.09. The van der Waals surface area contributed by atoms with Crippen LogP contribution in [0.3, 0.4) is 0 Å². The zero-order chi connectivity index (χ0) is 12.3. The van der Waals surface area contributed by atoms with Crippen molar-refractivity contribution < 1.29 is 9.79 Å². The van der Waals surface area contributed by atoms with Gasteiger partial charge in [-0.15, -0.1) is 10.1 Å². The van der Waals surface area contributed by atoms with Crippen molar-refractivity contribution >= 4 is 27.2 Å². The summed E-state index contributed by atoms with van der Waals surface area (Å²) in [6.07, 6.45) is 12.3. The van der Waals surface area contributed by atoms with Crippen molar-refractivity contribution in [2.24, 2.45) is 0 Å². The van der Waals surface area contributed by atoms with Crippen molar-refractivity contribution in [1.29, 1.82) is 0 Å². The lowest BCUT2D eigenvalue weighted by Gasteiger charge is -2.35. The van der Waals surface area contributed by atoms with Gasteiger partial charge in [-0.05, 0) is 36.9 Å². The molecule has 17 heavy (non-hydrogen) atoms. The highest BCUT2D eigenvalue weighted by atomic mass is 35.7. The standard InChI is InChI=1S/C12H24ClO2PS/c13-16(14,15)17(11-7-3-1-4-8-11)12-9-5-2-6-10-12/h11-12,14-15H,1-10H2. The molecule has 2 fully saturated rings. The van der Waals surface area contributed by atoms with Crippen LogP contribution in [0.15, 0.2) is 0 Å². The van der Waals surface area contributed by atoms with E-state index in [2.05, 4.69) is 0 Å². The van der Waals surface area contributed by atoms with E-state index in [9.17, 15) is 9.79 Å². The summed E-state index contributed by atoms with van der Waals surface area (Å²) in [5, 5.41) is 0.986. The largest absolute Gasteiger partial charge is 0.338 e. The summed E-state index contributed by atoms with van der Waals surface area (Å²) in [4.78, 5) is 20.1. The highest BCUT2D eigenvalue weighted by molar-refractivity contribution is 8.38. The molecule has 0 spiro atoms. The van der Waals surface area contributed by atoms with Gasteiger partial charge in [0.25, 0.3) is 0 Å². The van der Waals surface area contributed by atoms with Gasteiger partial charge in [0.2, 0.25) is 5.84 Å². The fourth-order valence-corrected chi connectivity index (χ4v) is 11.8. The maximum atomic E-state index is 10.0. The Morgan fingerprint density at radius 2 is 1.12 bits per heavy atom. The highest BCUT2D eigenvalue weighted by Crippen LogP contribution is 2.53. The van der Waals surface area contributed by atoms with Crippen LogP contribution < -0.4 is 0 Å². The van der Waals surface area contributed by atoms with E-state index in [-0.39, 0.29) is 10.1 Å². The van der Waals surface area contributed by atoms with Gasteiger partial charge in [0.1, 0.15) is 0 Å². The maximum Gasteiger partial charge on any atom is 0.236 e. The Bertz CT molecular complexity index is 275. The minimum atomic E-state index is -3.16. The summed E-state index contributed by atoms with van der Waals surface area (Å²) in [5.74, 6) is -3.16. The molecule has 0 saturated heterocycles. The van der Waals surface area contributed by atoms with Crippen LogP contribution in [-0.2, 0) is 10.1 Å².